The molecule has 0 radical (unpaired) electrons. The molecule has 5 heteroatoms. The van der Waals surface area contributed by atoms with Crippen LogP contribution in [0.15, 0.2) is 10.7 Å². The van der Waals surface area contributed by atoms with E-state index < -0.39 is 12.3 Å². The molecule has 0 N–H and O–H groups in total. The number of nitrogens with zero attached hydrogens (tertiary/aromatic N) is 1. The Morgan fingerprint density at radius 2 is 1.88 bits per heavy atom. The van der Waals surface area contributed by atoms with Crippen molar-refractivity contribution in [3.8, 4) is 0 Å². The lowest BCUT2D eigenvalue weighted by Crippen LogP contribution is -2.40. The molecule has 2 aliphatic rings. The second kappa shape index (κ2) is 9.27. The lowest BCUT2D eigenvalue weighted by Gasteiger charge is -2.39. The highest BCUT2D eigenvalue weighted by atomic mass is 35.5. The second-order valence-electron chi connectivity index (χ2n) is 7.92. The molecule has 0 aromatic heterocycles. The van der Waals surface area contributed by atoms with Crippen molar-refractivity contribution in [2.24, 2.45) is 17.8 Å². The summed E-state index contributed by atoms with van der Waals surface area (Å²) in [6.45, 7) is 12.7. The molecule has 0 aromatic rings. The summed E-state index contributed by atoms with van der Waals surface area (Å²) in [5.41, 5.74) is 0.732. The van der Waals surface area contributed by atoms with Crippen LogP contribution in [0.4, 0.5) is 0 Å². The molecule has 0 amide bonds. The van der Waals surface area contributed by atoms with E-state index in [9.17, 15) is 4.79 Å². The van der Waals surface area contributed by atoms with Crippen LogP contribution in [0.25, 0.3) is 0 Å². The van der Waals surface area contributed by atoms with Crippen LogP contribution >= 0.6 is 11.6 Å². The lowest BCUT2D eigenvalue weighted by molar-refractivity contribution is -0.185. The number of carbonyl (C=O) groups is 1. The van der Waals surface area contributed by atoms with Gasteiger partial charge in [0.25, 0.3) is 0 Å². The maximum absolute atomic E-state index is 12.1. The van der Waals surface area contributed by atoms with Gasteiger partial charge in [-0.1, -0.05) is 52.6 Å². The molecular weight excluding hydrogens is 338 g/mol. The van der Waals surface area contributed by atoms with Gasteiger partial charge in [0.15, 0.2) is 5.03 Å². The van der Waals surface area contributed by atoms with E-state index in [1.54, 1.807) is 0 Å². The molecule has 0 aromatic carbocycles. The summed E-state index contributed by atoms with van der Waals surface area (Å²) >= 11 is 6.32. The van der Waals surface area contributed by atoms with Crippen LogP contribution in [-0.4, -0.2) is 36.4 Å². The summed E-state index contributed by atoms with van der Waals surface area (Å²) < 4.78 is 11.9. The fourth-order valence-corrected chi connectivity index (χ4v) is 4.37. The quantitative estimate of drug-likeness (QED) is 0.568. The topological polar surface area (TPSA) is 38.8 Å². The molecule has 0 bridgehead atoms. The summed E-state index contributed by atoms with van der Waals surface area (Å²) in [7, 11) is 0. The van der Waals surface area contributed by atoms with Gasteiger partial charge in [-0.05, 0) is 43.4 Å². The molecule has 1 fully saturated rings. The van der Waals surface area contributed by atoms with E-state index in [1.807, 2.05) is 0 Å². The van der Waals surface area contributed by atoms with Crippen molar-refractivity contribution in [2.75, 3.05) is 13.1 Å². The SMILES string of the molecule is CCCN(CCC)C1=C(Cl)C(=O)O[C@@H]1OC1CC(C)CCC1C(C)C. The highest BCUT2D eigenvalue weighted by Crippen LogP contribution is 2.39. The predicted molar refractivity (Wildman–Crippen MR) is 101 cm³/mol. The Bertz CT molecular complexity index is 485. The van der Waals surface area contributed by atoms with E-state index in [0.29, 0.717) is 17.8 Å². The first kappa shape index (κ1) is 20.6. The minimum atomic E-state index is -0.658. The monoisotopic (exact) mass is 371 g/mol. The predicted octanol–water partition coefficient (Wildman–Crippen LogP) is 4.92. The van der Waals surface area contributed by atoms with Crippen LogP contribution in [0.1, 0.15) is 66.7 Å². The largest absolute Gasteiger partial charge is 0.425 e. The van der Waals surface area contributed by atoms with E-state index in [0.717, 1.165) is 38.0 Å². The maximum Gasteiger partial charge on any atom is 0.354 e. The van der Waals surface area contributed by atoms with Crippen LogP contribution in [0, 0.1) is 17.8 Å². The zero-order valence-electron chi connectivity index (χ0n) is 16.4. The Morgan fingerprint density at radius 1 is 1.24 bits per heavy atom. The van der Waals surface area contributed by atoms with Crippen molar-refractivity contribution in [3.05, 3.63) is 10.7 Å². The number of carbonyl (C=O) groups excluding carboxylic acids is 1. The Morgan fingerprint density at radius 3 is 2.44 bits per heavy atom. The van der Waals surface area contributed by atoms with Crippen LogP contribution < -0.4 is 0 Å². The molecule has 4 atom stereocenters. The third kappa shape index (κ3) is 4.91. The summed E-state index contributed by atoms with van der Waals surface area (Å²) in [4.78, 5) is 14.3. The molecule has 3 unspecified atom stereocenters. The van der Waals surface area contributed by atoms with Crippen molar-refractivity contribution in [2.45, 2.75) is 79.1 Å². The summed E-state index contributed by atoms with van der Waals surface area (Å²) in [6, 6.07) is 0. The number of rotatable bonds is 8. The number of esters is 1. The van der Waals surface area contributed by atoms with E-state index in [-0.39, 0.29) is 11.1 Å². The van der Waals surface area contributed by atoms with Crippen LogP contribution in [0.5, 0.6) is 0 Å². The van der Waals surface area contributed by atoms with Gasteiger partial charge in [0.1, 0.15) is 5.70 Å². The van der Waals surface area contributed by atoms with E-state index in [1.165, 1.54) is 12.8 Å². The highest BCUT2D eigenvalue weighted by Gasteiger charge is 2.41. The first-order valence-corrected chi connectivity index (χ1v) is 10.3. The molecule has 144 valence electrons. The van der Waals surface area contributed by atoms with E-state index in [4.69, 9.17) is 21.1 Å². The third-order valence-electron chi connectivity index (χ3n) is 5.43. The lowest BCUT2D eigenvalue weighted by atomic mass is 9.75. The number of hydrogen-bond acceptors (Lipinski definition) is 4. The molecule has 1 aliphatic heterocycles. The Kier molecular flexibility index (Phi) is 7.63. The molecule has 0 spiro atoms. The summed E-state index contributed by atoms with van der Waals surface area (Å²) in [5, 5.41) is 0.192. The van der Waals surface area contributed by atoms with Gasteiger partial charge in [0.05, 0.1) is 6.10 Å². The molecule has 0 saturated heterocycles. The van der Waals surface area contributed by atoms with Gasteiger partial charge >= 0.3 is 5.97 Å². The number of halogens is 1. The zero-order valence-corrected chi connectivity index (χ0v) is 17.1. The summed E-state index contributed by atoms with van der Waals surface area (Å²) in [5.74, 6) is 1.24. The maximum atomic E-state index is 12.1. The first-order chi connectivity index (χ1) is 11.9. The smallest absolute Gasteiger partial charge is 0.354 e. The molecule has 1 aliphatic carbocycles. The van der Waals surface area contributed by atoms with Gasteiger partial charge in [-0.25, -0.2) is 4.79 Å². The Hall–Kier alpha value is -0.740. The Balaban J connectivity index is 2.19. The number of cyclic esters (lactones) is 1. The van der Waals surface area contributed by atoms with Crippen molar-refractivity contribution >= 4 is 17.6 Å². The average Bonchev–Trinajstić information content (AvgIpc) is 2.81. The minimum Gasteiger partial charge on any atom is -0.425 e. The van der Waals surface area contributed by atoms with E-state index in [2.05, 4.69) is 39.5 Å². The van der Waals surface area contributed by atoms with E-state index >= 15 is 0 Å². The fraction of sp³-hybridized carbons (Fsp3) is 0.850. The van der Waals surface area contributed by atoms with Crippen molar-refractivity contribution < 1.29 is 14.3 Å². The normalized spacial score (nSPS) is 30.1. The van der Waals surface area contributed by atoms with Gasteiger partial charge in [0.2, 0.25) is 6.29 Å². The molecule has 2 rings (SSSR count). The average molecular weight is 372 g/mol. The molecule has 4 nitrogen and oxygen atoms in total. The van der Waals surface area contributed by atoms with Crippen molar-refractivity contribution in [3.63, 3.8) is 0 Å². The Labute approximate surface area is 157 Å². The zero-order chi connectivity index (χ0) is 18.6. The number of hydrogen-bond donors (Lipinski definition) is 0. The van der Waals surface area contributed by atoms with Gasteiger partial charge in [0, 0.05) is 13.1 Å². The van der Waals surface area contributed by atoms with Gasteiger partial charge in [-0.15, -0.1) is 0 Å². The molecule has 25 heavy (non-hydrogen) atoms. The highest BCUT2D eigenvalue weighted by molar-refractivity contribution is 6.42. The van der Waals surface area contributed by atoms with Crippen LogP contribution in [0.2, 0.25) is 0 Å². The third-order valence-corrected chi connectivity index (χ3v) is 5.78. The van der Waals surface area contributed by atoms with Gasteiger partial charge in [-0.2, -0.15) is 0 Å². The first-order valence-electron chi connectivity index (χ1n) is 9.89. The van der Waals surface area contributed by atoms with Crippen molar-refractivity contribution in [1.29, 1.82) is 0 Å². The molecular formula is C20H34ClNO3. The van der Waals surface area contributed by atoms with Crippen molar-refractivity contribution in [1.82, 2.24) is 4.90 Å². The standard InChI is InChI=1S/C20H34ClNO3/c1-6-10-22(11-7-2)18-17(21)19(23)25-20(18)24-16-12-14(5)8-9-15(16)13(3)4/h13-16,20H,6-12H2,1-5H3/t14?,15?,16?,20-/m0/s1. The second-order valence-corrected chi connectivity index (χ2v) is 8.30. The van der Waals surface area contributed by atoms with Gasteiger partial charge in [-0.3, -0.25) is 0 Å². The van der Waals surface area contributed by atoms with Crippen LogP contribution in [0.3, 0.4) is 0 Å². The number of ether oxygens (including phenoxy) is 2. The minimum absolute atomic E-state index is 0.115. The van der Waals surface area contributed by atoms with Crippen LogP contribution in [-0.2, 0) is 14.3 Å². The fourth-order valence-electron chi connectivity index (χ4n) is 4.12. The van der Waals surface area contributed by atoms with Gasteiger partial charge < -0.3 is 14.4 Å². The molecule has 1 heterocycles. The summed E-state index contributed by atoms with van der Waals surface area (Å²) in [6.07, 6.45) is 4.87. The molecule has 1 saturated carbocycles.